The number of anilines is 1. The Morgan fingerprint density at radius 3 is 2.54 bits per heavy atom. The molecule has 0 radical (unpaired) electrons. The van der Waals surface area contributed by atoms with Crippen LogP contribution in [0.2, 0.25) is 0 Å². The van der Waals surface area contributed by atoms with E-state index in [1.807, 2.05) is 79.5 Å². The van der Waals surface area contributed by atoms with Crippen LogP contribution in [0.5, 0.6) is 5.75 Å². The Morgan fingerprint density at radius 1 is 1.05 bits per heavy atom. The highest BCUT2D eigenvalue weighted by atomic mass is 32.2. The molecule has 0 spiro atoms. The molecule has 2 aliphatic rings. The molecule has 0 saturated heterocycles. The van der Waals surface area contributed by atoms with Crippen LogP contribution >= 0.6 is 11.8 Å². The summed E-state index contributed by atoms with van der Waals surface area (Å²) in [6.45, 7) is 3.97. The molecule has 7 nitrogen and oxygen atoms in total. The predicted molar refractivity (Wildman–Crippen MR) is 148 cm³/mol. The van der Waals surface area contributed by atoms with Gasteiger partial charge in [-0.1, -0.05) is 54.2 Å². The molecule has 2 heterocycles. The molecular weight excluding hydrogens is 484 g/mol. The van der Waals surface area contributed by atoms with E-state index in [0.29, 0.717) is 11.6 Å². The summed E-state index contributed by atoms with van der Waals surface area (Å²) in [6, 6.07) is 23.6. The molecule has 8 heteroatoms. The highest BCUT2D eigenvalue weighted by Gasteiger charge is 2.39. The van der Waals surface area contributed by atoms with Crippen LogP contribution in [0, 0.1) is 13.8 Å². The van der Waals surface area contributed by atoms with Gasteiger partial charge < -0.3 is 10.1 Å². The minimum absolute atomic E-state index is 0.0444. The van der Waals surface area contributed by atoms with Gasteiger partial charge in [-0.2, -0.15) is 10.1 Å². The van der Waals surface area contributed by atoms with Gasteiger partial charge in [0.25, 0.3) is 5.91 Å². The summed E-state index contributed by atoms with van der Waals surface area (Å²) in [4.78, 5) is 30.0. The molecule has 5 rings (SSSR count). The van der Waals surface area contributed by atoms with Crippen molar-refractivity contribution in [2.24, 2.45) is 10.1 Å². The SMILES string of the molecule is COc1ccc(C2=NN(C3=NC(=O)C(CC(=O)Nc4cccc(C)c4C)S3)C(c3ccccc3)C2)cc1. The molecule has 0 saturated carbocycles. The zero-order valence-corrected chi connectivity index (χ0v) is 21.8. The number of nitrogens with one attached hydrogen (secondary N) is 1. The van der Waals surface area contributed by atoms with E-state index >= 15 is 0 Å². The average Bonchev–Trinajstić information content (AvgIpc) is 3.51. The van der Waals surface area contributed by atoms with Crippen molar-refractivity contribution in [2.75, 3.05) is 12.4 Å². The van der Waals surface area contributed by atoms with Gasteiger partial charge in [0.05, 0.1) is 18.9 Å². The monoisotopic (exact) mass is 512 g/mol. The van der Waals surface area contributed by atoms with Crippen LogP contribution < -0.4 is 10.1 Å². The molecular formula is C29H28N4O3S. The summed E-state index contributed by atoms with van der Waals surface area (Å²) in [5, 5.41) is 9.61. The molecule has 0 aromatic heterocycles. The van der Waals surface area contributed by atoms with Gasteiger partial charge in [-0.05, 0) is 66.4 Å². The average molecular weight is 513 g/mol. The van der Waals surface area contributed by atoms with Crippen LogP contribution in [0.25, 0.3) is 0 Å². The van der Waals surface area contributed by atoms with Gasteiger partial charge in [0.15, 0.2) is 5.17 Å². The number of carbonyl (C=O) groups is 2. The first-order valence-electron chi connectivity index (χ1n) is 12.1. The van der Waals surface area contributed by atoms with Gasteiger partial charge >= 0.3 is 0 Å². The van der Waals surface area contributed by atoms with Crippen LogP contribution in [-0.4, -0.2) is 40.1 Å². The van der Waals surface area contributed by atoms with E-state index in [9.17, 15) is 9.59 Å². The van der Waals surface area contributed by atoms with Crippen LogP contribution in [0.1, 0.15) is 41.1 Å². The molecule has 2 amide bonds. The Balaban J connectivity index is 1.34. The third-order valence-electron chi connectivity index (χ3n) is 6.69. The lowest BCUT2D eigenvalue weighted by molar-refractivity contribution is -0.121. The highest BCUT2D eigenvalue weighted by molar-refractivity contribution is 8.15. The van der Waals surface area contributed by atoms with Gasteiger partial charge in [-0.15, -0.1) is 0 Å². The number of hydrogen-bond donors (Lipinski definition) is 1. The number of methoxy groups -OCH3 is 1. The van der Waals surface area contributed by atoms with E-state index in [1.54, 1.807) is 7.11 Å². The number of aliphatic imine (C=N–C) groups is 1. The van der Waals surface area contributed by atoms with Crippen molar-refractivity contribution in [3.63, 3.8) is 0 Å². The van der Waals surface area contributed by atoms with Crippen molar-refractivity contribution in [1.82, 2.24) is 5.01 Å². The number of hydrazone groups is 1. The fourth-order valence-electron chi connectivity index (χ4n) is 4.44. The van der Waals surface area contributed by atoms with E-state index in [1.165, 1.54) is 11.8 Å². The van der Waals surface area contributed by atoms with E-state index in [4.69, 9.17) is 9.84 Å². The maximum atomic E-state index is 12.8. The minimum Gasteiger partial charge on any atom is -0.497 e. The Labute approximate surface area is 220 Å². The Bertz CT molecular complexity index is 1390. The molecule has 1 N–H and O–H groups in total. The zero-order valence-electron chi connectivity index (χ0n) is 21.0. The molecule has 37 heavy (non-hydrogen) atoms. The second-order valence-corrected chi connectivity index (χ2v) is 10.3. The second-order valence-electron chi connectivity index (χ2n) is 9.09. The van der Waals surface area contributed by atoms with Crippen molar-refractivity contribution in [3.05, 3.63) is 95.1 Å². The van der Waals surface area contributed by atoms with Gasteiger partial charge in [-0.3, -0.25) is 9.59 Å². The number of thioether (sulfide) groups is 1. The number of amidine groups is 1. The Kier molecular flexibility index (Phi) is 7.10. The number of aryl methyl sites for hydroxylation is 1. The standard InChI is InChI=1S/C29H28N4O3S/c1-18-8-7-11-23(19(18)2)30-27(34)17-26-28(35)31-29(37-26)33-25(21-9-5-4-6-10-21)16-24(32-33)20-12-14-22(36-3)15-13-20/h4-15,25-26H,16-17H2,1-3H3,(H,30,34). The van der Waals surface area contributed by atoms with Crippen molar-refractivity contribution in [2.45, 2.75) is 38.0 Å². The topological polar surface area (TPSA) is 83.4 Å². The number of nitrogens with zero attached hydrogens (tertiary/aromatic N) is 3. The lowest BCUT2D eigenvalue weighted by Gasteiger charge is -2.23. The zero-order chi connectivity index (χ0) is 25.9. The molecule has 0 bridgehead atoms. The minimum atomic E-state index is -0.586. The van der Waals surface area contributed by atoms with E-state index in [2.05, 4.69) is 22.4 Å². The van der Waals surface area contributed by atoms with Crippen molar-refractivity contribution in [1.29, 1.82) is 0 Å². The molecule has 3 aromatic carbocycles. The van der Waals surface area contributed by atoms with Crippen LogP contribution in [0.3, 0.4) is 0 Å². The lowest BCUT2D eigenvalue weighted by atomic mass is 9.98. The number of carbonyl (C=O) groups excluding carboxylic acids is 2. The summed E-state index contributed by atoms with van der Waals surface area (Å²) in [5.74, 6) is 0.262. The van der Waals surface area contributed by atoms with E-state index in [0.717, 1.165) is 39.4 Å². The summed E-state index contributed by atoms with van der Waals surface area (Å²) in [6.07, 6.45) is 0.713. The third-order valence-corrected chi connectivity index (χ3v) is 7.83. The molecule has 2 aliphatic heterocycles. The summed E-state index contributed by atoms with van der Waals surface area (Å²) < 4.78 is 5.29. The summed E-state index contributed by atoms with van der Waals surface area (Å²) in [7, 11) is 1.64. The first kappa shape index (κ1) is 24.8. The summed E-state index contributed by atoms with van der Waals surface area (Å²) in [5.41, 5.74) is 5.86. The molecule has 2 unspecified atom stereocenters. The number of ether oxygens (including phenoxy) is 1. The molecule has 3 aromatic rings. The Morgan fingerprint density at radius 2 is 1.81 bits per heavy atom. The number of hydrogen-bond acceptors (Lipinski definition) is 6. The van der Waals surface area contributed by atoms with Gasteiger partial charge in [0, 0.05) is 18.5 Å². The van der Waals surface area contributed by atoms with Crippen LogP contribution in [0.4, 0.5) is 5.69 Å². The number of rotatable bonds is 6. The number of amides is 2. The van der Waals surface area contributed by atoms with Gasteiger partial charge in [0.1, 0.15) is 11.0 Å². The molecule has 0 aliphatic carbocycles. The summed E-state index contributed by atoms with van der Waals surface area (Å²) >= 11 is 1.30. The van der Waals surface area contributed by atoms with E-state index in [-0.39, 0.29) is 24.3 Å². The Hall–Kier alpha value is -3.91. The maximum absolute atomic E-state index is 12.8. The number of benzene rings is 3. The van der Waals surface area contributed by atoms with E-state index < -0.39 is 5.25 Å². The molecule has 188 valence electrons. The predicted octanol–water partition coefficient (Wildman–Crippen LogP) is 5.49. The van der Waals surface area contributed by atoms with Gasteiger partial charge in [0.2, 0.25) is 5.91 Å². The second kappa shape index (κ2) is 10.6. The lowest BCUT2D eigenvalue weighted by Crippen LogP contribution is -2.25. The van der Waals surface area contributed by atoms with Crippen molar-refractivity contribution >= 4 is 40.1 Å². The van der Waals surface area contributed by atoms with Crippen molar-refractivity contribution in [3.8, 4) is 5.75 Å². The smallest absolute Gasteiger partial charge is 0.262 e. The third kappa shape index (κ3) is 5.29. The highest BCUT2D eigenvalue weighted by Crippen LogP contribution is 2.38. The molecule has 0 fully saturated rings. The van der Waals surface area contributed by atoms with Crippen molar-refractivity contribution < 1.29 is 14.3 Å². The quantitative estimate of drug-likeness (QED) is 0.472. The normalized spacial score (nSPS) is 19.0. The van der Waals surface area contributed by atoms with Crippen LogP contribution in [-0.2, 0) is 9.59 Å². The fourth-order valence-corrected chi connectivity index (χ4v) is 5.50. The maximum Gasteiger partial charge on any atom is 0.262 e. The first-order chi connectivity index (χ1) is 17.9. The largest absolute Gasteiger partial charge is 0.497 e. The van der Waals surface area contributed by atoms with Gasteiger partial charge in [-0.25, -0.2) is 5.01 Å². The van der Waals surface area contributed by atoms with Crippen LogP contribution in [0.15, 0.2) is 82.9 Å². The first-order valence-corrected chi connectivity index (χ1v) is 13.0. The fraction of sp³-hybridized carbons (Fsp3) is 0.241. The molecule has 2 atom stereocenters.